The van der Waals surface area contributed by atoms with Gasteiger partial charge in [0.05, 0.1) is 18.2 Å². The molecule has 0 bridgehead atoms. The van der Waals surface area contributed by atoms with Crippen LogP contribution in [0.2, 0.25) is 0 Å². The van der Waals surface area contributed by atoms with Crippen LogP contribution in [0.1, 0.15) is 39.0 Å². The summed E-state index contributed by atoms with van der Waals surface area (Å²) >= 11 is 1.51. The normalized spacial score (nSPS) is 23.1. The SMILES string of the molecule is N#CC1(C#N)[C@@H]2c3ccccc3C=CN2[C@@H](C(=O)c2ccccc2)[C@@H]1c1ccsc1. The van der Waals surface area contributed by atoms with Gasteiger partial charge in [-0.2, -0.15) is 21.9 Å². The highest BCUT2D eigenvalue weighted by atomic mass is 32.1. The summed E-state index contributed by atoms with van der Waals surface area (Å²) in [6, 6.07) is 22.4. The number of carbonyl (C=O) groups excluding carboxylic acids is 1. The lowest BCUT2D eigenvalue weighted by atomic mass is 9.68. The maximum absolute atomic E-state index is 13.7. The van der Waals surface area contributed by atoms with Crippen molar-refractivity contribution in [1.82, 2.24) is 4.90 Å². The Labute approximate surface area is 178 Å². The highest BCUT2D eigenvalue weighted by molar-refractivity contribution is 7.08. The van der Waals surface area contributed by atoms with Crippen molar-refractivity contribution in [2.24, 2.45) is 5.41 Å². The van der Waals surface area contributed by atoms with Crippen molar-refractivity contribution in [3.63, 3.8) is 0 Å². The molecule has 1 fully saturated rings. The molecule has 1 aromatic heterocycles. The molecule has 5 rings (SSSR count). The van der Waals surface area contributed by atoms with E-state index < -0.39 is 23.4 Å². The Hall–Kier alpha value is -3.67. The molecule has 2 aromatic carbocycles. The molecule has 1 saturated heterocycles. The van der Waals surface area contributed by atoms with Gasteiger partial charge in [-0.3, -0.25) is 4.79 Å². The van der Waals surface area contributed by atoms with E-state index in [2.05, 4.69) is 12.1 Å². The summed E-state index contributed by atoms with van der Waals surface area (Å²) in [4.78, 5) is 15.7. The number of ketones is 1. The van der Waals surface area contributed by atoms with Crippen molar-refractivity contribution in [2.45, 2.75) is 18.0 Å². The van der Waals surface area contributed by atoms with Crippen LogP contribution in [0.25, 0.3) is 6.08 Å². The van der Waals surface area contributed by atoms with Gasteiger partial charge in [-0.15, -0.1) is 0 Å². The number of nitrogens with zero attached hydrogens (tertiary/aromatic N) is 3. The van der Waals surface area contributed by atoms with E-state index in [9.17, 15) is 15.3 Å². The molecule has 0 N–H and O–H groups in total. The minimum atomic E-state index is -1.39. The third kappa shape index (κ3) is 2.46. The third-order valence-corrected chi connectivity index (χ3v) is 6.87. The first-order valence-electron chi connectivity index (χ1n) is 9.69. The number of hydrogen-bond donors (Lipinski definition) is 0. The van der Waals surface area contributed by atoms with Gasteiger partial charge in [-0.25, -0.2) is 0 Å². The summed E-state index contributed by atoms with van der Waals surface area (Å²) in [5, 5.41) is 24.7. The van der Waals surface area contributed by atoms with Gasteiger partial charge in [0, 0.05) is 17.7 Å². The van der Waals surface area contributed by atoms with E-state index in [4.69, 9.17) is 0 Å². The fourth-order valence-corrected chi connectivity index (χ4v) is 5.59. The van der Waals surface area contributed by atoms with E-state index >= 15 is 0 Å². The summed E-state index contributed by atoms with van der Waals surface area (Å²) in [5.41, 5.74) is 1.94. The van der Waals surface area contributed by atoms with Crippen LogP contribution in [0, 0.1) is 28.1 Å². The van der Waals surface area contributed by atoms with Gasteiger partial charge in [-0.1, -0.05) is 54.6 Å². The second-order valence-corrected chi connectivity index (χ2v) is 8.38. The molecule has 3 atom stereocenters. The van der Waals surface area contributed by atoms with Gasteiger partial charge in [0.2, 0.25) is 0 Å². The van der Waals surface area contributed by atoms with E-state index in [-0.39, 0.29) is 5.78 Å². The smallest absolute Gasteiger partial charge is 0.185 e. The molecule has 3 aromatic rings. The lowest BCUT2D eigenvalue weighted by molar-refractivity contribution is 0.0875. The molecular formula is C25H17N3OS. The zero-order chi connectivity index (χ0) is 20.7. The van der Waals surface area contributed by atoms with Gasteiger partial charge < -0.3 is 4.90 Å². The molecule has 30 heavy (non-hydrogen) atoms. The van der Waals surface area contributed by atoms with Gasteiger partial charge in [0.1, 0.15) is 6.04 Å². The average Bonchev–Trinajstić information content (AvgIpc) is 3.43. The summed E-state index contributed by atoms with van der Waals surface area (Å²) < 4.78 is 0. The Morgan fingerprint density at radius 3 is 2.43 bits per heavy atom. The number of thiophene rings is 1. The average molecular weight is 407 g/mol. The summed E-state index contributed by atoms with van der Waals surface area (Å²) in [5.74, 6) is -0.638. The van der Waals surface area contributed by atoms with Crippen molar-refractivity contribution in [3.8, 4) is 12.1 Å². The van der Waals surface area contributed by atoms with Gasteiger partial charge in [-0.05, 0) is 39.6 Å². The maximum Gasteiger partial charge on any atom is 0.185 e. The van der Waals surface area contributed by atoms with Crippen LogP contribution >= 0.6 is 11.3 Å². The predicted octanol–water partition coefficient (Wildman–Crippen LogP) is 5.16. The molecular weight excluding hydrogens is 390 g/mol. The lowest BCUT2D eigenvalue weighted by Gasteiger charge is -2.34. The highest BCUT2D eigenvalue weighted by Crippen LogP contribution is 2.60. The topological polar surface area (TPSA) is 67.9 Å². The van der Waals surface area contributed by atoms with Crippen LogP contribution in [0.3, 0.4) is 0 Å². The molecule has 2 aliphatic rings. The molecule has 5 heteroatoms. The van der Waals surface area contributed by atoms with Crippen LogP contribution in [-0.2, 0) is 0 Å². The number of hydrogen-bond acceptors (Lipinski definition) is 5. The minimum absolute atomic E-state index is 0.0757. The molecule has 0 spiro atoms. The Kier molecular flexibility index (Phi) is 4.28. The molecule has 0 unspecified atom stereocenters. The van der Waals surface area contributed by atoms with Crippen molar-refractivity contribution < 1.29 is 4.79 Å². The van der Waals surface area contributed by atoms with Crippen LogP contribution in [0.4, 0.5) is 0 Å². The largest absolute Gasteiger partial charge is 0.357 e. The number of Topliss-reactive ketones (excluding diaryl/α,β-unsaturated/α-hetero) is 1. The molecule has 0 aliphatic carbocycles. The summed E-state index contributed by atoms with van der Waals surface area (Å²) in [6.07, 6.45) is 3.85. The van der Waals surface area contributed by atoms with Gasteiger partial charge >= 0.3 is 0 Å². The molecule has 2 aliphatic heterocycles. The molecule has 0 saturated carbocycles. The predicted molar refractivity (Wildman–Crippen MR) is 115 cm³/mol. The Bertz CT molecular complexity index is 1200. The van der Waals surface area contributed by atoms with Gasteiger partial charge in [0.25, 0.3) is 0 Å². The highest BCUT2D eigenvalue weighted by Gasteiger charge is 2.63. The van der Waals surface area contributed by atoms with Crippen LogP contribution in [0.5, 0.6) is 0 Å². The molecule has 3 heterocycles. The zero-order valence-electron chi connectivity index (χ0n) is 16.0. The minimum Gasteiger partial charge on any atom is -0.357 e. The maximum atomic E-state index is 13.7. The Morgan fingerprint density at radius 1 is 1.00 bits per heavy atom. The van der Waals surface area contributed by atoms with Crippen LogP contribution < -0.4 is 0 Å². The Morgan fingerprint density at radius 2 is 1.73 bits per heavy atom. The zero-order valence-corrected chi connectivity index (χ0v) is 16.8. The quantitative estimate of drug-likeness (QED) is 0.563. The van der Waals surface area contributed by atoms with E-state index in [1.807, 2.05) is 76.5 Å². The second kappa shape index (κ2) is 6.99. The number of nitriles is 2. The number of benzene rings is 2. The van der Waals surface area contributed by atoms with Crippen molar-refractivity contribution >= 4 is 23.2 Å². The van der Waals surface area contributed by atoms with E-state index in [1.54, 1.807) is 12.1 Å². The van der Waals surface area contributed by atoms with Crippen LogP contribution in [-0.4, -0.2) is 16.7 Å². The molecule has 4 nitrogen and oxygen atoms in total. The van der Waals surface area contributed by atoms with Crippen molar-refractivity contribution in [1.29, 1.82) is 10.5 Å². The summed E-state index contributed by atoms with van der Waals surface area (Å²) in [7, 11) is 0. The first kappa shape index (κ1) is 18.4. The second-order valence-electron chi connectivity index (χ2n) is 7.60. The lowest BCUT2D eigenvalue weighted by Crippen LogP contribution is -2.37. The summed E-state index contributed by atoms with van der Waals surface area (Å²) in [6.45, 7) is 0. The van der Waals surface area contributed by atoms with E-state index in [0.717, 1.165) is 16.7 Å². The number of carbonyl (C=O) groups is 1. The fourth-order valence-electron chi connectivity index (χ4n) is 4.89. The van der Waals surface area contributed by atoms with E-state index in [0.29, 0.717) is 5.56 Å². The number of fused-ring (bicyclic) bond motifs is 3. The molecule has 0 radical (unpaired) electrons. The number of rotatable bonds is 3. The van der Waals surface area contributed by atoms with Gasteiger partial charge in [0.15, 0.2) is 11.2 Å². The van der Waals surface area contributed by atoms with Crippen molar-refractivity contribution in [3.05, 3.63) is 99.9 Å². The first-order chi connectivity index (χ1) is 14.7. The standard InChI is InChI=1S/C25H17N3OS/c26-15-25(16-27)21(19-11-13-30-14-19)22(23(29)18-7-2-1-3-8-18)28-12-10-17-6-4-5-9-20(17)24(25)28/h1-14,21-22,24H/t21-,22+,24-/m0/s1. The molecule has 0 amide bonds. The molecule has 144 valence electrons. The van der Waals surface area contributed by atoms with E-state index in [1.165, 1.54) is 11.3 Å². The first-order valence-corrected chi connectivity index (χ1v) is 10.6. The fraction of sp³-hybridized carbons (Fsp3) is 0.160. The monoisotopic (exact) mass is 407 g/mol. The Balaban J connectivity index is 1.77. The van der Waals surface area contributed by atoms with Crippen molar-refractivity contribution in [2.75, 3.05) is 0 Å². The van der Waals surface area contributed by atoms with Crippen LogP contribution in [0.15, 0.2) is 77.6 Å². The third-order valence-electron chi connectivity index (χ3n) is 6.17.